The van der Waals surface area contributed by atoms with Gasteiger partial charge >= 0.3 is 0 Å². The molecule has 1 aliphatic rings. The molecule has 0 radical (unpaired) electrons. The summed E-state index contributed by atoms with van der Waals surface area (Å²) in [5.74, 6) is 0. The van der Waals surface area contributed by atoms with Crippen molar-refractivity contribution in [1.82, 2.24) is 15.1 Å². The zero-order valence-corrected chi connectivity index (χ0v) is 11.6. The van der Waals surface area contributed by atoms with Gasteiger partial charge in [-0.1, -0.05) is 11.3 Å². The van der Waals surface area contributed by atoms with Crippen molar-refractivity contribution in [2.45, 2.75) is 19.6 Å². The van der Waals surface area contributed by atoms with Crippen molar-refractivity contribution < 1.29 is 14.2 Å². The average molecular weight is 273 g/mol. The third-order valence-corrected chi connectivity index (χ3v) is 3.47. The third kappa shape index (κ3) is 3.88. The molecule has 0 unspecified atom stereocenters. The summed E-state index contributed by atoms with van der Waals surface area (Å²) in [5, 5.41) is 9.75. The van der Waals surface area contributed by atoms with Crippen LogP contribution in [-0.2, 0) is 16.0 Å². The van der Waals surface area contributed by atoms with E-state index >= 15 is 0 Å². The van der Waals surface area contributed by atoms with Gasteiger partial charge in [0.2, 0.25) is 0 Å². The minimum absolute atomic E-state index is 0.156. The molecule has 1 aromatic rings. The summed E-state index contributed by atoms with van der Waals surface area (Å²) >= 11 is 1.51. The minimum atomic E-state index is 0.156. The monoisotopic (exact) mass is 273 g/mol. The Morgan fingerprint density at radius 3 is 3.17 bits per heavy atom. The van der Waals surface area contributed by atoms with Gasteiger partial charge in [0.15, 0.2) is 0 Å². The lowest BCUT2D eigenvalue weighted by Crippen LogP contribution is -2.43. The summed E-state index contributed by atoms with van der Waals surface area (Å²) in [4.78, 5) is 2.31. The highest BCUT2D eigenvalue weighted by atomic mass is 32.1. The Bertz CT molecular complexity index is 359. The van der Waals surface area contributed by atoms with Gasteiger partial charge in [-0.2, -0.15) is 0 Å². The molecule has 0 aromatic carbocycles. The van der Waals surface area contributed by atoms with E-state index in [-0.39, 0.29) is 6.10 Å². The first-order valence-corrected chi connectivity index (χ1v) is 6.91. The van der Waals surface area contributed by atoms with Crippen LogP contribution in [0, 0.1) is 0 Å². The second kappa shape index (κ2) is 6.98. The number of methoxy groups -OCH3 is 1. The van der Waals surface area contributed by atoms with Crippen LogP contribution >= 0.6 is 11.3 Å². The molecule has 0 bridgehead atoms. The molecule has 1 fully saturated rings. The van der Waals surface area contributed by atoms with Crippen LogP contribution in [0.1, 0.15) is 11.9 Å². The van der Waals surface area contributed by atoms with Gasteiger partial charge in [0.25, 0.3) is 5.19 Å². The molecule has 0 aliphatic carbocycles. The molecule has 0 amide bonds. The lowest BCUT2D eigenvalue weighted by Gasteiger charge is -2.31. The zero-order valence-electron chi connectivity index (χ0n) is 10.8. The third-order valence-electron chi connectivity index (χ3n) is 2.65. The van der Waals surface area contributed by atoms with Gasteiger partial charge in [-0.05, 0) is 6.92 Å². The molecule has 102 valence electrons. The number of aromatic nitrogens is 2. The van der Waals surface area contributed by atoms with Crippen LogP contribution in [0.15, 0.2) is 0 Å². The molecule has 2 rings (SSSR count). The standard InChI is InChI=1S/C11H19N3O3S/c1-3-16-11-13-12-10(18-11)7-14-4-5-17-9(6-14)8-15-2/h9H,3-8H2,1-2H3/t9-/m0/s1. The van der Waals surface area contributed by atoms with E-state index < -0.39 is 0 Å². The molecule has 1 atom stereocenters. The van der Waals surface area contributed by atoms with Crippen molar-refractivity contribution in [3.63, 3.8) is 0 Å². The van der Waals surface area contributed by atoms with Crippen LogP contribution in [-0.4, -0.2) is 61.2 Å². The molecule has 1 saturated heterocycles. The molecular formula is C11H19N3O3S. The Balaban J connectivity index is 1.84. The minimum Gasteiger partial charge on any atom is -0.469 e. The Hall–Kier alpha value is -0.760. The van der Waals surface area contributed by atoms with Crippen molar-refractivity contribution >= 4 is 11.3 Å². The molecule has 1 aliphatic heterocycles. The van der Waals surface area contributed by atoms with Gasteiger partial charge in [-0.15, -0.1) is 10.2 Å². The molecule has 6 nitrogen and oxygen atoms in total. The van der Waals surface area contributed by atoms with Gasteiger partial charge in [-0.3, -0.25) is 4.90 Å². The van der Waals surface area contributed by atoms with E-state index in [0.29, 0.717) is 18.4 Å². The lowest BCUT2D eigenvalue weighted by molar-refractivity contribution is -0.0631. The zero-order chi connectivity index (χ0) is 12.8. The second-order valence-corrected chi connectivity index (χ2v) is 5.10. The van der Waals surface area contributed by atoms with Crippen molar-refractivity contribution in [2.24, 2.45) is 0 Å². The van der Waals surface area contributed by atoms with Crippen LogP contribution in [0.5, 0.6) is 5.19 Å². The second-order valence-electron chi connectivity index (χ2n) is 4.08. The number of nitrogens with zero attached hydrogens (tertiary/aromatic N) is 3. The molecule has 7 heteroatoms. The maximum absolute atomic E-state index is 5.61. The topological polar surface area (TPSA) is 56.7 Å². The molecule has 0 spiro atoms. The Morgan fingerprint density at radius 1 is 1.50 bits per heavy atom. The average Bonchev–Trinajstić information content (AvgIpc) is 2.78. The fourth-order valence-corrected chi connectivity index (χ4v) is 2.67. The number of hydrogen-bond acceptors (Lipinski definition) is 7. The Kier molecular flexibility index (Phi) is 5.30. The van der Waals surface area contributed by atoms with Crippen molar-refractivity contribution in [2.75, 3.05) is 40.0 Å². The van der Waals surface area contributed by atoms with E-state index in [1.807, 2.05) is 6.92 Å². The fraction of sp³-hybridized carbons (Fsp3) is 0.818. The summed E-state index contributed by atoms with van der Waals surface area (Å²) in [7, 11) is 1.70. The van der Waals surface area contributed by atoms with E-state index in [0.717, 1.165) is 31.2 Å². The maximum atomic E-state index is 5.61. The van der Waals surface area contributed by atoms with Gasteiger partial charge in [0.05, 0.1) is 32.5 Å². The van der Waals surface area contributed by atoms with E-state index in [1.54, 1.807) is 7.11 Å². The molecule has 2 heterocycles. The maximum Gasteiger partial charge on any atom is 0.294 e. The first-order chi connectivity index (χ1) is 8.81. The predicted octanol–water partition coefficient (Wildman–Crippen LogP) is 0.784. The van der Waals surface area contributed by atoms with E-state index in [9.17, 15) is 0 Å². The van der Waals surface area contributed by atoms with E-state index in [4.69, 9.17) is 14.2 Å². The van der Waals surface area contributed by atoms with Crippen molar-refractivity contribution in [1.29, 1.82) is 0 Å². The quantitative estimate of drug-likeness (QED) is 0.763. The number of hydrogen-bond donors (Lipinski definition) is 0. The summed E-state index contributed by atoms with van der Waals surface area (Å²) in [6.45, 7) is 6.54. The SMILES string of the molecule is CCOc1nnc(CN2CCO[C@H](COC)C2)s1. The first-order valence-electron chi connectivity index (χ1n) is 6.10. The highest BCUT2D eigenvalue weighted by molar-refractivity contribution is 7.13. The van der Waals surface area contributed by atoms with Crippen molar-refractivity contribution in [3.8, 4) is 5.19 Å². The molecule has 1 aromatic heterocycles. The van der Waals surface area contributed by atoms with Crippen LogP contribution in [0.3, 0.4) is 0 Å². The van der Waals surface area contributed by atoms with Crippen LogP contribution in [0.25, 0.3) is 0 Å². The summed E-state index contributed by atoms with van der Waals surface area (Å²) in [6.07, 6.45) is 0.156. The molecule has 18 heavy (non-hydrogen) atoms. The Morgan fingerprint density at radius 2 is 2.39 bits per heavy atom. The van der Waals surface area contributed by atoms with E-state index in [1.165, 1.54) is 11.3 Å². The van der Waals surface area contributed by atoms with Crippen LogP contribution in [0.2, 0.25) is 0 Å². The molecule has 0 saturated carbocycles. The number of ether oxygens (including phenoxy) is 3. The summed E-state index contributed by atoms with van der Waals surface area (Å²) < 4.78 is 16.0. The summed E-state index contributed by atoms with van der Waals surface area (Å²) in [5.41, 5.74) is 0. The predicted molar refractivity (Wildman–Crippen MR) is 68.0 cm³/mol. The fourth-order valence-electron chi connectivity index (χ4n) is 1.89. The first kappa shape index (κ1) is 13.7. The highest BCUT2D eigenvalue weighted by Crippen LogP contribution is 2.20. The van der Waals surface area contributed by atoms with Crippen LogP contribution in [0.4, 0.5) is 0 Å². The lowest BCUT2D eigenvalue weighted by atomic mass is 10.3. The normalized spacial score (nSPS) is 21.1. The largest absolute Gasteiger partial charge is 0.469 e. The van der Waals surface area contributed by atoms with Crippen LogP contribution < -0.4 is 4.74 Å². The Labute approximate surface area is 111 Å². The van der Waals surface area contributed by atoms with E-state index in [2.05, 4.69) is 15.1 Å². The smallest absolute Gasteiger partial charge is 0.294 e. The van der Waals surface area contributed by atoms with Gasteiger partial charge in [-0.25, -0.2) is 0 Å². The molecular weight excluding hydrogens is 254 g/mol. The number of morpholine rings is 1. The summed E-state index contributed by atoms with van der Waals surface area (Å²) in [6, 6.07) is 0. The van der Waals surface area contributed by atoms with Gasteiger partial charge in [0.1, 0.15) is 5.01 Å². The molecule has 0 N–H and O–H groups in total. The van der Waals surface area contributed by atoms with Crippen molar-refractivity contribution in [3.05, 3.63) is 5.01 Å². The van der Waals surface area contributed by atoms with Gasteiger partial charge < -0.3 is 14.2 Å². The highest BCUT2D eigenvalue weighted by Gasteiger charge is 2.21. The number of rotatable bonds is 6. The van der Waals surface area contributed by atoms with Gasteiger partial charge in [0, 0.05) is 20.2 Å².